The van der Waals surface area contributed by atoms with Crippen molar-refractivity contribution in [3.63, 3.8) is 0 Å². The summed E-state index contributed by atoms with van der Waals surface area (Å²) in [6.45, 7) is 8.25. The summed E-state index contributed by atoms with van der Waals surface area (Å²) in [7, 11) is 0. The second-order valence-electron chi connectivity index (χ2n) is 4.68. The first-order valence-electron chi connectivity index (χ1n) is 6.37. The Morgan fingerprint density at radius 1 is 1.28 bits per heavy atom. The Morgan fingerprint density at radius 2 is 2.00 bits per heavy atom. The van der Waals surface area contributed by atoms with E-state index < -0.39 is 0 Å². The maximum Gasteiger partial charge on any atom is 0.138 e. The fourth-order valence-corrected chi connectivity index (χ4v) is 2.02. The third kappa shape index (κ3) is 5.05. The van der Waals surface area contributed by atoms with Gasteiger partial charge in [-0.05, 0) is 37.1 Å². The van der Waals surface area contributed by atoms with Crippen molar-refractivity contribution < 1.29 is 4.74 Å². The van der Waals surface area contributed by atoms with E-state index >= 15 is 0 Å². The molecule has 0 fully saturated rings. The molecule has 0 saturated carbocycles. The van der Waals surface area contributed by atoms with Crippen LogP contribution in [0.25, 0.3) is 0 Å². The van der Waals surface area contributed by atoms with Crippen molar-refractivity contribution in [1.82, 2.24) is 5.32 Å². The van der Waals surface area contributed by atoms with Gasteiger partial charge in [-0.15, -0.1) is 0 Å². The lowest BCUT2D eigenvalue weighted by Crippen LogP contribution is -2.35. The van der Waals surface area contributed by atoms with Gasteiger partial charge in [-0.25, -0.2) is 0 Å². The summed E-state index contributed by atoms with van der Waals surface area (Å²) >= 11 is 12.0. The number of halogens is 2. The molecule has 0 aliphatic heterocycles. The molecule has 0 saturated heterocycles. The Kier molecular flexibility index (Phi) is 6.83. The minimum atomic E-state index is 0.107. The summed E-state index contributed by atoms with van der Waals surface area (Å²) in [6.07, 6.45) is 1.22. The Bertz CT molecular complexity index is 369. The lowest BCUT2D eigenvalue weighted by Gasteiger charge is -2.23. The summed E-state index contributed by atoms with van der Waals surface area (Å²) in [5, 5.41) is 4.56. The van der Waals surface area contributed by atoms with E-state index in [1.165, 1.54) is 0 Å². The molecule has 2 nitrogen and oxygen atoms in total. The zero-order chi connectivity index (χ0) is 13.5. The van der Waals surface area contributed by atoms with Crippen LogP contribution in [0.3, 0.4) is 0 Å². The highest BCUT2D eigenvalue weighted by Gasteiger charge is 2.16. The molecule has 1 N–H and O–H groups in total. The lowest BCUT2D eigenvalue weighted by atomic mass is 10.1. The normalized spacial score (nSPS) is 12.8. The maximum atomic E-state index is 6.11. The third-order valence-corrected chi connectivity index (χ3v) is 3.22. The van der Waals surface area contributed by atoms with Crippen LogP contribution in [0.2, 0.25) is 10.0 Å². The monoisotopic (exact) mass is 289 g/mol. The molecule has 0 heterocycles. The van der Waals surface area contributed by atoms with Crippen molar-refractivity contribution in [3.8, 4) is 5.75 Å². The molecule has 1 atom stereocenters. The van der Waals surface area contributed by atoms with Crippen molar-refractivity contribution in [1.29, 1.82) is 0 Å². The molecule has 0 aliphatic rings. The molecule has 102 valence electrons. The smallest absolute Gasteiger partial charge is 0.138 e. The number of nitrogens with one attached hydrogen (secondary N) is 1. The second kappa shape index (κ2) is 7.88. The van der Waals surface area contributed by atoms with Crippen LogP contribution in [-0.4, -0.2) is 19.2 Å². The van der Waals surface area contributed by atoms with Crippen LogP contribution in [0.5, 0.6) is 5.75 Å². The highest BCUT2D eigenvalue weighted by Crippen LogP contribution is 2.29. The number of hydrogen-bond donors (Lipinski definition) is 1. The lowest BCUT2D eigenvalue weighted by molar-refractivity contribution is 0.149. The van der Waals surface area contributed by atoms with Gasteiger partial charge in [0.05, 0.1) is 5.02 Å². The van der Waals surface area contributed by atoms with Crippen LogP contribution >= 0.6 is 23.2 Å². The van der Waals surface area contributed by atoms with Gasteiger partial charge >= 0.3 is 0 Å². The van der Waals surface area contributed by atoms with Gasteiger partial charge in [-0.1, -0.05) is 44.0 Å². The van der Waals surface area contributed by atoms with Gasteiger partial charge in [0.2, 0.25) is 0 Å². The van der Waals surface area contributed by atoms with Crippen molar-refractivity contribution >= 4 is 23.2 Å². The molecule has 1 rings (SSSR count). The quantitative estimate of drug-likeness (QED) is 0.752. The minimum absolute atomic E-state index is 0.107. The van der Waals surface area contributed by atoms with Gasteiger partial charge in [0.25, 0.3) is 0 Å². The Balaban J connectivity index is 2.64. The van der Waals surface area contributed by atoms with Crippen molar-refractivity contribution in [2.75, 3.05) is 13.1 Å². The molecule has 0 amide bonds. The van der Waals surface area contributed by atoms with Gasteiger partial charge in [0.15, 0.2) is 0 Å². The molecule has 1 aromatic carbocycles. The number of ether oxygens (including phenoxy) is 1. The largest absolute Gasteiger partial charge is 0.487 e. The van der Waals surface area contributed by atoms with E-state index in [0.29, 0.717) is 21.7 Å². The number of rotatable bonds is 7. The average Bonchev–Trinajstić information content (AvgIpc) is 2.30. The first kappa shape index (κ1) is 15.6. The van der Waals surface area contributed by atoms with Crippen LogP contribution in [0, 0.1) is 5.92 Å². The fraction of sp³-hybridized carbons (Fsp3) is 0.571. The Labute approximate surface area is 120 Å². The fourth-order valence-electron chi connectivity index (χ4n) is 1.57. The van der Waals surface area contributed by atoms with Crippen LogP contribution in [-0.2, 0) is 0 Å². The summed E-state index contributed by atoms with van der Waals surface area (Å²) in [5.74, 6) is 1.11. The topological polar surface area (TPSA) is 21.3 Å². The van der Waals surface area contributed by atoms with E-state index in [2.05, 4.69) is 26.1 Å². The minimum Gasteiger partial charge on any atom is -0.487 e. The molecule has 0 spiro atoms. The van der Waals surface area contributed by atoms with E-state index in [-0.39, 0.29) is 6.10 Å². The number of benzene rings is 1. The predicted octanol–water partition coefficient (Wildman–Crippen LogP) is 4.40. The zero-order valence-corrected chi connectivity index (χ0v) is 12.7. The van der Waals surface area contributed by atoms with Crippen molar-refractivity contribution in [2.45, 2.75) is 33.3 Å². The second-order valence-corrected chi connectivity index (χ2v) is 5.52. The highest BCUT2D eigenvalue weighted by molar-refractivity contribution is 6.35. The van der Waals surface area contributed by atoms with Crippen LogP contribution < -0.4 is 10.1 Å². The highest BCUT2D eigenvalue weighted by atomic mass is 35.5. The first-order chi connectivity index (χ1) is 8.54. The first-order valence-corrected chi connectivity index (χ1v) is 7.12. The van der Waals surface area contributed by atoms with Crippen molar-refractivity contribution in [2.24, 2.45) is 5.92 Å². The standard InChI is InChI=1S/C14H21Cl2NO/c1-4-7-17-9-14(10(2)3)18-13-6-5-11(15)8-12(13)16/h5-6,8,10,14,17H,4,7,9H2,1-3H3. The molecule has 0 radical (unpaired) electrons. The summed E-state index contributed by atoms with van der Waals surface area (Å²) in [4.78, 5) is 0. The molecule has 0 aromatic heterocycles. The van der Waals surface area contributed by atoms with E-state index in [9.17, 15) is 0 Å². The molecule has 4 heteroatoms. The van der Waals surface area contributed by atoms with Crippen LogP contribution in [0.4, 0.5) is 0 Å². The zero-order valence-electron chi connectivity index (χ0n) is 11.2. The van der Waals surface area contributed by atoms with E-state index in [0.717, 1.165) is 19.5 Å². The predicted molar refractivity (Wildman–Crippen MR) is 78.9 cm³/mol. The Morgan fingerprint density at radius 3 is 2.56 bits per heavy atom. The molecule has 1 aromatic rings. The Hall–Kier alpha value is -0.440. The van der Waals surface area contributed by atoms with Crippen LogP contribution in [0.15, 0.2) is 18.2 Å². The van der Waals surface area contributed by atoms with Gasteiger partial charge < -0.3 is 10.1 Å². The van der Waals surface area contributed by atoms with Crippen molar-refractivity contribution in [3.05, 3.63) is 28.2 Å². The summed E-state index contributed by atoms with van der Waals surface area (Å²) in [6, 6.07) is 5.31. The van der Waals surface area contributed by atoms with E-state index in [4.69, 9.17) is 27.9 Å². The van der Waals surface area contributed by atoms with E-state index in [1.807, 2.05) is 6.07 Å². The molecular formula is C14H21Cl2NO. The molecule has 18 heavy (non-hydrogen) atoms. The average molecular weight is 290 g/mol. The summed E-state index contributed by atoms with van der Waals surface area (Å²) in [5.41, 5.74) is 0. The molecule has 0 bridgehead atoms. The summed E-state index contributed by atoms with van der Waals surface area (Å²) < 4.78 is 5.96. The van der Waals surface area contributed by atoms with Gasteiger partial charge in [0.1, 0.15) is 11.9 Å². The van der Waals surface area contributed by atoms with E-state index in [1.54, 1.807) is 12.1 Å². The van der Waals surface area contributed by atoms with Gasteiger partial charge in [-0.2, -0.15) is 0 Å². The van der Waals surface area contributed by atoms with Crippen LogP contribution in [0.1, 0.15) is 27.2 Å². The maximum absolute atomic E-state index is 6.11. The molecule has 0 aliphatic carbocycles. The van der Waals surface area contributed by atoms with Gasteiger partial charge in [0, 0.05) is 11.6 Å². The van der Waals surface area contributed by atoms with Gasteiger partial charge in [-0.3, -0.25) is 0 Å². The third-order valence-electron chi connectivity index (χ3n) is 2.69. The SMILES string of the molecule is CCCNCC(Oc1ccc(Cl)cc1Cl)C(C)C. The number of hydrogen-bond acceptors (Lipinski definition) is 2. The molecule has 1 unspecified atom stereocenters. The molecular weight excluding hydrogens is 269 g/mol.